The molecule has 2 rings (SSSR count). The van der Waals surface area contributed by atoms with E-state index in [1.165, 1.54) is 19.2 Å². The smallest absolute Gasteiger partial charge is 0.290 e. The Balaban J connectivity index is 0.000000891. The van der Waals surface area contributed by atoms with Gasteiger partial charge in [-0.3, -0.25) is 4.79 Å². The summed E-state index contributed by atoms with van der Waals surface area (Å²) >= 11 is 0. The highest BCUT2D eigenvalue weighted by Crippen LogP contribution is 2.22. The van der Waals surface area contributed by atoms with Crippen LogP contribution in [0.1, 0.15) is 30.4 Å². The van der Waals surface area contributed by atoms with E-state index < -0.39 is 11.6 Å². The molecule has 132 valence electrons. The Hall–Kier alpha value is -2.48. The Bertz CT molecular complexity index is 624. The third kappa shape index (κ3) is 5.96. The summed E-state index contributed by atoms with van der Waals surface area (Å²) in [6.45, 7) is 2.59. The summed E-state index contributed by atoms with van der Waals surface area (Å²) in [6, 6.07) is 4.38. The summed E-state index contributed by atoms with van der Waals surface area (Å²) in [5, 5.41) is 13.9. The quantitative estimate of drug-likeness (QED) is 0.753. The molecule has 2 N–H and O–H groups in total. The zero-order chi connectivity index (χ0) is 17.9. The Kier molecular flexibility index (Phi) is 8.42. The van der Waals surface area contributed by atoms with Crippen molar-refractivity contribution in [3.63, 3.8) is 0 Å². The molecular weight excluding hydrogens is 322 g/mol. The third-order valence-corrected chi connectivity index (χ3v) is 3.00. The molecule has 0 saturated heterocycles. The second-order valence-electron chi connectivity index (χ2n) is 4.84. The fraction of sp³-hybridized carbons (Fsp3) is 0.375. The highest BCUT2D eigenvalue weighted by Gasteiger charge is 2.11. The van der Waals surface area contributed by atoms with Crippen LogP contribution in [0.4, 0.5) is 8.78 Å². The second kappa shape index (κ2) is 10.3. The van der Waals surface area contributed by atoms with E-state index in [2.05, 4.69) is 22.1 Å². The minimum absolute atomic E-state index is 0.250. The Morgan fingerprint density at radius 1 is 1.29 bits per heavy atom. The maximum absolute atomic E-state index is 13.5. The molecular formula is C16H20F2N2O4. The van der Waals surface area contributed by atoms with Gasteiger partial charge in [-0.2, -0.15) is 0 Å². The largest absolute Gasteiger partial charge is 0.491 e. The number of carbonyl (C=O) groups is 1. The first kappa shape index (κ1) is 19.6. The lowest BCUT2D eigenvalue weighted by molar-refractivity contribution is -0.122. The minimum Gasteiger partial charge on any atom is -0.491 e. The predicted octanol–water partition coefficient (Wildman–Crippen LogP) is 2.90. The van der Waals surface area contributed by atoms with Crippen LogP contribution in [0.5, 0.6) is 5.75 Å². The van der Waals surface area contributed by atoms with E-state index in [-0.39, 0.29) is 12.2 Å². The van der Waals surface area contributed by atoms with Gasteiger partial charge in [0.25, 0.3) is 6.47 Å². The summed E-state index contributed by atoms with van der Waals surface area (Å²) in [7, 11) is 1.23. The topological polar surface area (TPSA) is 84.6 Å². The molecule has 0 radical (unpaired) electrons. The van der Waals surface area contributed by atoms with Crippen molar-refractivity contribution in [1.82, 2.24) is 10.5 Å². The van der Waals surface area contributed by atoms with Gasteiger partial charge in [0, 0.05) is 12.6 Å². The number of ether oxygens (including phenoxy) is 1. The third-order valence-electron chi connectivity index (χ3n) is 3.00. The first-order valence-corrected chi connectivity index (χ1v) is 7.30. The molecule has 2 aromatic rings. The molecule has 1 heterocycles. The summed E-state index contributed by atoms with van der Waals surface area (Å²) in [5.41, 5.74) is 1.41. The summed E-state index contributed by atoms with van der Waals surface area (Å²) in [5.74, 6) is -1.08. The lowest BCUT2D eigenvalue weighted by Gasteiger charge is -2.07. The van der Waals surface area contributed by atoms with E-state index >= 15 is 0 Å². The second-order valence-corrected chi connectivity index (χ2v) is 4.84. The molecule has 0 atom stereocenters. The molecule has 0 spiro atoms. The fourth-order valence-corrected chi connectivity index (χ4v) is 2.05. The summed E-state index contributed by atoms with van der Waals surface area (Å²) in [4.78, 5) is 8.36. The summed E-state index contributed by atoms with van der Waals surface area (Å²) in [6.07, 6.45) is 1.88. The molecule has 0 aliphatic rings. The average Bonchev–Trinajstić information content (AvgIpc) is 2.96. The van der Waals surface area contributed by atoms with Crippen LogP contribution in [-0.2, 0) is 24.3 Å². The van der Waals surface area contributed by atoms with Gasteiger partial charge in [0.05, 0.1) is 19.3 Å². The van der Waals surface area contributed by atoms with E-state index in [1.807, 2.05) is 6.07 Å². The van der Waals surface area contributed by atoms with Gasteiger partial charge < -0.3 is 19.7 Å². The van der Waals surface area contributed by atoms with Crippen molar-refractivity contribution in [1.29, 1.82) is 0 Å². The van der Waals surface area contributed by atoms with Crippen molar-refractivity contribution in [3.8, 4) is 5.75 Å². The highest BCUT2D eigenvalue weighted by molar-refractivity contribution is 5.32. The maximum Gasteiger partial charge on any atom is 0.290 e. The van der Waals surface area contributed by atoms with E-state index in [9.17, 15) is 8.78 Å². The van der Waals surface area contributed by atoms with Gasteiger partial charge in [-0.15, -0.1) is 0 Å². The van der Waals surface area contributed by atoms with Crippen molar-refractivity contribution < 1.29 is 27.9 Å². The Labute approximate surface area is 138 Å². The normalized spacial score (nSPS) is 10.0. The molecule has 1 aromatic carbocycles. The first-order valence-electron chi connectivity index (χ1n) is 7.30. The SMILES string of the molecule is CCCc1cc(CNCc2cc(F)c(OC)c(F)c2)on1.O=CO. The van der Waals surface area contributed by atoms with Gasteiger partial charge in [0.1, 0.15) is 0 Å². The number of hydrogen-bond donors (Lipinski definition) is 2. The summed E-state index contributed by atoms with van der Waals surface area (Å²) < 4.78 is 36.9. The number of nitrogens with zero attached hydrogens (tertiary/aromatic N) is 1. The van der Waals surface area contributed by atoms with Crippen LogP contribution in [0.3, 0.4) is 0 Å². The van der Waals surface area contributed by atoms with Crippen molar-refractivity contribution in [2.24, 2.45) is 0 Å². The van der Waals surface area contributed by atoms with Gasteiger partial charge in [-0.05, 0) is 24.1 Å². The maximum atomic E-state index is 13.5. The van der Waals surface area contributed by atoms with Gasteiger partial charge in [0.2, 0.25) is 0 Å². The number of aromatic nitrogens is 1. The van der Waals surface area contributed by atoms with Crippen LogP contribution >= 0.6 is 0 Å². The predicted molar refractivity (Wildman–Crippen MR) is 82.6 cm³/mol. The standard InChI is InChI=1S/C15H18F2N2O2.CH2O2/c1-3-4-11-7-12(21-19-11)9-18-8-10-5-13(16)15(20-2)14(17)6-10;2-1-3/h5-7,18H,3-4,8-9H2,1-2H3;1H,(H,2,3). The number of hydrogen-bond acceptors (Lipinski definition) is 5. The highest BCUT2D eigenvalue weighted by atomic mass is 19.1. The molecule has 0 bridgehead atoms. The minimum atomic E-state index is -0.709. The van der Waals surface area contributed by atoms with Crippen LogP contribution in [0, 0.1) is 11.6 Å². The van der Waals surface area contributed by atoms with Crippen LogP contribution < -0.4 is 10.1 Å². The number of halogens is 2. The molecule has 0 saturated carbocycles. The molecule has 0 aliphatic carbocycles. The number of nitrogens with one attached hydrogen (secondary N) is 1. The molecule has 6 nitrogen and oxygen atoms in total. The van der Waals surface area contributed by atoms with Gasteiger partial charge in [-0.1, -0.05) is 18.5 Å². The van der Waals surface area contributed by atoms with Crippen molar-refractivity contribution in [2.75, 3.05) is 7.11 Å². The van der Waals surface area contributed by atoms with E-state index in [1.54, 1.807) is 0 Å². The van der Waals surface area contributed by atoms with E-state index in [4.69, 9.17) is 14.4 Å². The molecule has 0 amide bonds. The van der Waals surface area contributed by atoms with Crippen LogP contribution in [0.25, 0.3) is 0 Å². The molecule has 24 heavy (non-hydrogen) atoms. The molecule has 8 heteroatoms. The van der Waals surface area contributed by atoms with Gasteiger partial charge >= 0.3 is 0 Å². The molecule has 0 unspecified atom stereocenters. The van der Waals surface area contributed by atoms with Gasteiger partial charge in [-0.25, -0.2) is 8.78 Å². The van der Waals surface area contributed by atoms with E-state index in [0.717, 1.165) is 18.5 Å². The van der Waals surface area contributed by atoms with Crippen molar-refractivity contribution in [2.45, 2.75) is 32.9 Å². The van der Waals surface area contributed by atoms with Gasteiger partial charge in [0.15, 0.2) is 23.1 Å². The zero-order valence-electron chi connectivity index (χ0n) is 13.5. The van der Waals surface area contributed by atoms with Crippen LogP contribution in [0.2, 0.25) is 0 Å². The average molecular weight is 342 g/mol. The van der Waals surface area contributed by atoms with Crippen molar-refractivity contribution in [3.05, 3.63) is 46.9 Å². The number of aryl methyl sites for hydroxylation is 1. The molecule has 0 fully saturated rings. The monoisotopic (exact) mass is 342 g/mol. The van der Waals surface area contributed by atoms with Crippen LogP contribution in [0.15, 0.2) is 22.7 Å². The van der Waals surface area contributed by atoms with Crippen LogP contribution in [-0.4, -0.2) is 23.8 Å². The van der Waals surface area contributed by atoms with E-state index in [0.29, 0.717) is 24.4 Å². The zero-order valence-corrected chi connectivity index (χ0v) is 13.5. The lowest BCUT2D eigenvalue weighted by Crippen LogP contribution is -2.12. The van der Waals surface area contributed by atoms with Crippen molar-refractivity contribution >= 4 is 6.47 Å². The Morgan fingerprint density at radius 3 is 2.46 bits per heavy atom. The lowest BCUT2D eigenvalue weighted by atomic mass is 10.2. The number of rotatable bonds is 7. The fourth-order valence-electron chi connectivity index (χ4n) is 2.05. The first-order chi connectivity index (χ1) is 11.5. The number of benzene rings is 1. The molecule has 1 aromatic heterocycles. The number of methoxy groups -OCH3 is 1. The number of carboxylic acid groups (broad SMARTS) is 1. The molecule has 0 aliphatic heterocycles. The Morgan fingerprint density at radius 2 is 1.92 bits per heavy atom.